The van der Waals surface area contributed by atoms with E-state index in [2.05, 4.69) is 13.8 Å². The van der Waals surface area contributed by atoms with Crippen LogP contribution in [0.5, 0.6) is 0 Å². The zero-order chi connectivity index (χ0) is 18.4. The van der Waals surface area contributed by atoms with Crippen molar-refractivity contribution >= 4 is 11.8 Å². The van der Waals surface area contributed by atoms with Crippen molar-refractivity contribution in [3.8, 4) is 0 Å². The largest absolute Gasteiger partial charge is 0.461 e. The Morgan fingerprint density at radius 1 is 1.48 bits per heavy atom. The Balaban J connectivity index is 1.86. The van der Waals surface area contributed by atoms with Crippen molar-refractivity contribution in [2.75, 3.05) is 6.61 Å². The molecule has 0 aromatic carbocycles. The first-order chi connectivity index (χ1) is 11.8. The van der Waals surface area contributed by atoms with E-state index in [1.54, 1.807) is 19.3 Å². The summed E-state index contributed by atoms with van der Waals surface area (Å²) in [4.78, 5) is 25.1. The number of furan rings is 1. The molecule has 5 heteroatoms. The molecule has 2 aliphatic rings. The van der Waals surface area contributed by atoms with E-state index < -0.39 is 5.97 Å². The van der Waals surface area contributed by atoms with Crippen molar-refractivity contribution < 1.29 is 23.8 Å². The molecule has 1 aromatic rings. The van der Waals surface area contributed by atoms with Gasteiger partial charge in [0.05, 0.1) is 18.4 Å². The Morgan fingerprint density at radius 3 is 2.84 bits per heavy atom. The molecule has 1 saturated carbocycles. The molecule has 0 saturated heterocycles. The highest BCUT2D eigenvalue weighted by atomic mass is 16.5. The van der Waals surface area contributed by atoms with Gasteiger partial charge in [-0.2, -0.15) is 0 Å². The molecule has 5 nitrogen and oxygen atoms in total. The molecule has 0 amide bonds. The highest BCUT2D eigenvalue weighted by Gasteiger charge is 2.54. The fourth-order valence-corrected chi connectivity index (χ4v) is 4.45. The molecule has 0 unspecified atom stereocenters. The molecule has 4 atom stereocenters. The number of Topliss-reactive ketones (excluding diaryl/α,β-unsaturated/α-hetero) is 1. The topological polar surface area (TPSA) is 76.7 Å². The van der Waals surface area contributed by atoms with Gasteiger partial charge in [-0.3, -0.25) is 4.79 Å². The number of ketones is 1. The third-order valence-corrected chi connectivity index (χ3v) is 6.37. The van der Waals surface area contributed by atoms with Crippen LogP contribution in [0, 0.1) is 24.2 Å². The maximum Gasteiger partial charge on any atom is 0.336 e. The van der Waals surface area contributed by atoms with E-state index >= 15 is 0 Å². The number of ether oxygens (including phenoxy) is 1. The van der Waals surface area contributed by atoms with Gasteiger partial charge in [0.25, 0.3) is 0 Å². The van der Waals surface area contributed by atoms with Gasteiger partial charge >= 0.3 is 5.97 Å². The second-order valence-corrected chi connectivity index (χ2v) is 7.61. The van der Waals surface area contributed by atoms with Crippen molar-refractivity contribution in [3.05, 3.63) is 34.8 Å². The van der Waals surface area contributed by atoms with Crippen LogP contribution in [0.4, 0.5) is 0 Å². The molecule has 0 aliphatic heterocycles. The van der Waals surface area contributed by atoms with Gasteiger partial charge in [0.15, 0.2) is 5.76 Å². The summed E-state index contributed by atoms with van der Waals surface area (Å²) in [6.07, 6.45) is 5.07. The van der Waals surface area contributed by atoms with Gasteiger partial charge in [-0.05, 0) is 50.0 Å². The molecule has 3 rings (SSSR count). The first kappa shape index (κ1) is 17.9. The zero-order valence-electron chi connectivity index (χ0n) is 15.3. The van der Waals surface area contributed by atoms with E-state index in [0.29, 0.717) is 18.6 Å². The first-order valence-electron chi connectivity index (χ1n) is 8.91. The van der Waals surface area contributed by atoms with Crippen molar-refractivity contribution in [3.63, 3.8) is 0 Å². The number of esters is 1. The molecule has 25 heavy (non-hydrogen) atoms. The molecule has 1 aromatic heterocycles. The summed E-state index contributed by atoms with van der Waals surface area (Å²) in [7, 11) is 0. The summed E-state index contributed by atoms with van der Waals surface area (Å²) >= 11 is 0. The summed E-state index contributed by atoms with van der Waals surface area (Å²) in [5.74, 6) is 0.0660. The van der Waals surface area contributed by atoms with Crippen LogP contribution in [0.25, 0.3) is 0 Å². The van der Waals surface area contributed by atoms with E-state index in [1.165, 1.54) is 0 Å². The lowest BCUT2D eigenvalue weighted by Crippen LogP contribution is -2.52. The number of allylic oxidation sites excluding steroid dienone is 1. The predicted molar refractivity (Wildman–Crippen MR) is 92.2 cm³/mol. The van der Waals surface area contributed by atoms with Crippen LogP contribution >= 0.6 is 0 Å². The van der Waals surface area contributed by atoms with Gasteiger partial charge in [0, 0.05) is 11.5 Å². The Labute approximate surface area is 148 Å². The van der Waals surface area contributed by atoms with Crippen LogP contribution in [0.1, 0.15) is 55.3 Å². The molecule has 2 aliphatic carbocycles. The number of hydrogen-bond donors (Lipinski definition) is 1. The van der Waals surface area contributed by atoms with Gasteiger partial charge in [-0.25, -0.2) is 4.79 Å². The average Bonchev–Trinajstić information content (AvgIpc) is 2.94. The summed E-state index contributed by atoms with van der Waals surface area (Å²) in [6.45, 7) is 7.53. The number of fused-ring (bicyclic) bond motifs is 2. The lowest BCUT2D eigenvalue weighted by molar-refractivity contribution is -0.155. The standard InChI is InChI=1S/C20H26O5/c1-5-13(9-21)19(23)25-16-7-6-15-17(22)18-14(11(2)10-24-18)8-20(15,4)12(16)3/h5,10,12,15-16,21H,6-9H2,1-4H3/b13-5-/t12-,15-,16+,20+/m0/s1. The van der Waals surface area contributed by atoms with Crippen LogP contribution in [0.2, 0.25) is 0 Å². The van der Waals surface area contributed by atoms with Crippen molar-refractivity contribution in [1.82, 2.24) is 0 Å². The molecule has 0 bridgehead atoms. The third-order valence-electron chi connectivity index (χ3n) is 6.37. The summed E-state index contributed by atoms with van der Waals surface area (Å²) in [5, 5.41) is 9.26. The second kappa shape index (κ2) is 6.45. The number of carbonyl (C=O) groups is 2. The van der Waals surface area contributed by atoms with Gasteiger partial charge in [0.1, 0.15) is 6.10 Å². The molecule has 1 fully saturated rings. The SMILES string of the molecule is C/C=C(/CO)C(=O)O[C@@H]1CC[C@H]2C(=O)c3occ(C)c3C[C@]2(C)[C@H]1C. The normalized spacial score (nSPS) is 32.1. The Kier molecular flexibility index (Phi) is 4.62. The van der Waals surface area contributed by atoms with E-state index in [0.717, 1.165) is 17.5 Å². The van der Waals surface area contributed by atoms with Gasteiger partial charge in [-0.15, -0.1) is 0 Å². The maximum atomic E-state index is 12.9. The van der Waals surface area contributed by atoms with Gasteiger partial charge in [0.2, 0.25) is 5.78 Å². The number of aliphatic hydroxyl groups is 1. The zero-order valence-corrected chi connectivity index (χ0v) is 15.3. The van der Waals surface area contributed by atoms with Gasteiger partial charge in [-0.1, -0.05) is 19.9 Å². The summed E-state index contributed by atoms with van der Waals surface area (Å²) < 4.78 is 11.2. The van der Waals surface area contributed by atoms with Crippen molar-refractivity contribution in [2.24, 2.45) is 17.3 Å². The monoisotopic (exact) mass is 346 g/mol. The molecular formula is C20H26O5. The van der Waals surface area contributed by atoms with Crippen LogP contribution in [-0.4, -0.2) is 29.6 Å². The number of aliphatic hydroxyl groups excluding tert-OH is 1. The molecule has 0 radical (unpaired) electrons. The first-order valence-corrected chi connectivity index (χ1v) is 8.91. The fraction of sp³-hybridized carbons (Fsp3) is 0.600. The van der Waals surface area contributed by atoms with Gasteiger partial charge < -0.3 is 14.3 Å². The molecule has 1 N–H and O–H groups in total. The number of aryl methyl sites for hydroxylation is 1. The minimum atomic E-state index is -0.466. The summed E-state index contributed by atoms with van der Waals surface area (Å²) in [5.41, 5.74) is 2.00. The molecule has 1 heterocycles. The van der Waals surface area contributed by atoms with Crippen molar-refractivity contribution in [1.29, 1.82) is 0 Å². The van der Waals surface area contributed by atoms with Crippen molar-refractivity contribution in [2.45, 2.75) is 53.1 Å². The highest BCUT2D eigenvalue weighted by molar-refractivity contribution is 5.99. The predicted octanol–water partition coefficient (Wildman–Crippen LogP) is 3.23. The Bertz CT molecular complexity index is 728. The van der Waals surface area contributed by atoms with Crippen LogP contribution < -0.4 is 0 Å². The summed E-state index contributed by atoms with van der Waals surface area (Å²) in [6, 6.07) is 0. The lowest BCUT2D eigenvalue weighted by Gasteiger charge is -2.50. The number of rotatable bonds is 3. The van der Waals surface area contributed by atoms with Crippen LogP contribution in [0.3, 0.4) is 0 Å². The van der Waals surface area contributed by atoms with Crippen LogP contribution in [0.15, 0.2) is 22.3 Å². The van der Waals surface area contributed by atoms with E-state index in [9.17, 15) is 14.7 Å². The maximum absolute atomic E-state index is 12.9. The lowest BCUT2D eigenvalue weighted by atomic mass is 9.54. The average molecular weight is 346 g/mol. The second-order valence-electron chi connectivity index (χ2n) is 7.61. The minimum Gasteiger partial charge on any atom is -0.461 e. The minimum absolute atomic E-state index is 0.0402. The highest BCUT2D eigenvalue weighted by Crippen LogP contribution is 2.53. The van der Waals surface area contributed by atoms with E-state index in [1.807, 2.05) is 6.92 Å². The molecular weight excluding hydrogens is 320 g/mol. The molecule has 136 valence electrons. The smallest absolute Gasteiger partial charge is 0.336 e. The fourth-order valence-electron chi connectivity index (χ4n) is 4.45. The Hall–Kier alpha value is -1.88. The van der Waals surface area contributed by atoms with E-state index in [-0.39, 0.29) is 41.3 Å². The third kappa shape index (κ3) is 2.74. The van der Waals surface area contributed by atoms with Crippen LogP contribution in [-0.2, 0) is 16.0 Å². The molecule has 0 spiro atoms. The van der Waals surface area contributed by atoms with E-state index in [4.69, 9.17) is 9.15 Å². The Morgan fingerprint density at radius 2 is 2.20 bits per heavy atom. The quantitative estimate of drug-likeness (QED) is 0.672. The number of carbonyl (C=O) groups excluding carboxylic acids is 2. The number of hydrogen-bond acceptors (Lipinski definition) is 5.